The molecule has 0 radical (unpaired) electrons. The second kappa shape index (κ2) is 8.81. The molecule has 0 spiro atoms. The lowest BCUT2D eigenvalue weighted by Gasteiger charge is -2.24. The van der Waals surface area contributed by atoms with Gasteiger partial charge in [-0.1, -0.05) is 34.1 Å². The average Bonchev–Trinajstić information content (AvgIpc) is 3.24. The molecular weight excluding hydrogens is 511 g/mol. The third-order valence-corrected chi connectivity index (χ3v) is 6.04. The number of hydrogen-bond acceptors (Lipinski definition) is 3. The molecule has 25 heavy (non-hydrogen) atoms. The third-order valence-electron chi connectivity index (χ3n) is 4.52. The van der Waals surface area contributed by atoms with Gasteiger partial charge < -0.3 is 10.2 Å². The van der Waals surface area contributed by atoms with Gasteiger partial charge in [-0.3, -0.25) is 4.99 Å². The fourth-order valence-corrected chi connectivity index (χ4v) is 4.32. The summed E-state index contributed by atoms with van der Waals surface area (Å²) in [7, 11) is 3.89. The maximum absolute atomic E-state index is 4.54. The zero-order valence-corrected chi connectivity index (χ0v) is 19.5. The van der Waals surface area contributed by atoms with Crippen LogP contribution in [0, 0.1) is 6.92 Å². The van der Waals surface area contributed by atoms with E-state index in [9.17, 15) is 0 Å². The maximum Gasteiger partial charge on any atom is 0.193 e. The molecule has 3 rings (SSSR count). The van der Waals surface area contributed by atoms with Crippen molar-refractivity contribution < 1.29 is 0 Å². The Balaban J connectivity index is 0.00000225. The van der Waals surface area contributed by atoms with Crippen LogP contribution in [0.3, 0.4) is 0 Å². The summed E-state index contributed by atoms with van der Waals surface area (Å²) >= 11 is 5.39. The smallest absolute Gasteiger partial charge is 0.193 e. The van der Waals surface area contributed by atoms with Crippen LogP contribution in [0.15, 0.2) is 39.1 Å². The number of rotatable bonds is 5. The quantitative estimate of drug-likeness (QED) is 0.347. The predicted molar refractivity (Wildman–Crippen MR) is 120 cm³/mol. The Bertz CT molecular complexity index is 742. The van der Waals surface area contributed by atoms with Crippen molar-refractivity contribution >= 4 is 57.2 Å². The van der Waals surface area contributed by atoms with Gasteiger partial charge in [0.25, 0.3) is 0 Å². The Labute approximate surface area is 179 Å². The van der Waals surface area contributed by atoms with Crippen molar-refractivity contribution in [2.45, 2.75) is 31.7 Å². The van der Waals surface area contributed by atoms with E-state index in [1.165, 1.54) is 22.9 Å². The van der Waals surface area contributed by atoms with Crippen LogP contribution in [0.5, 0.6) is 0 Å². The van der Waals surface area contributed by atoms with E-state index in [1.807, 2.05) is 14.0 Å². The van der Waals surface area contributed by atoms with E-state index in [2.05, 4.69) is 72.8 Å². The molecule has 7 heteroatoms. The van der Waals surface area contributed by atoms with E-state index in [1.54, 1.807) is 11.3 Å². The molecule has 1 aromatic carbocycles. The molecule has 1 aromatic heterocycles. The standard InChI is InChI=1S/C18H23BrN4S.HI/c1-13-22-14(11-24-13)10-23(3)17(20-2)21-12-18(8-9-18)15-6-4-5-7-16(15)19;/h4-7,11H,8-10,12H2,1-3H3,(H,20,21);1H. The average molecular weight is 535 g/mol. The van der Waals surface area contributed by atoms with Crippen LogP contribution in [0.1, 0.15) is 29.1 Å². The van der Waals surface area contributed by atoms with Crippen LogP contribution in [0.25, 0.3) is 0 Å². The molecule has 1 heterocycles. The monoisotopic (exact) mass is 534 g/mol. The van der Waals surface area contributed by atoms with Crippen molar-refractivity contribution in [2.24, 2.45) is 4.99 Å². The Morgan fingerprint density at radius 3 is 2.68 bits per heavy atom. The van der Waals surface area contributed by atoms with E-state index in [0.29, 0.717) is 0 Å². The zero-order valence-electron chi connectivity index (χ0n) is 14.8. The predicted octanol–water partition coefficient (Wildman–Crippen LogP) is 4.57. The summed E-state index contributed by atoms with van der Waals surface area (Å²) in [6, 6.07) is 8.54. The summed E-state index contributed by atoms with van der Waals surface area (Å²) in [6.45, 7) is 3.71. The molecule has 4 nitrogen and oxygen atoms in total. The van der Waals surface area contributed by atoms with Crippen LogP contribution in [-0.4, -0.2) is 36.5 Å². The van der Waals surface area contributed by atoms with Crippen LogP contribution >= 0.6 is 51.2 Å². The Kier molecular flexibility index (Phi) is 7.28. The molecule has 0 unspecified atom stereocenters. The summed E-state index contributed by atoms with van der Waals surface area (Å²) in [5.74, 6) is 0.916. The molecule has 0 atom stereocenters. The second-order valence-electron chi connectivity index (χ2n) is 6.37. The van der Waals surface area contributed by atoms with Crippen molar-refractivity contribution in [1.82, 2.24) is 15.2 Å². The molecule has 0 saturated heterocycles. The number of thiazole rings is 1. The van der Waals surface area contributed by atoms with Gasteiger partial charge in [0.15, 0.2) is 5.96 Å². The highest BCUT2D eigenvalue weighted by atomic mass is 127. The second-order valence-corrected chi connectivity index (χ2v) is 8.29. The normalized spacial score (nSPS) is 15.4. The fraction of sp³-hybridized carbons (Fsp3) is 0.444. The number of aromatic nitrogens is 1. The van der Waals surface area contributed by atoms with Gasteiger partial charge in [-0.25, -0.2) is 4.98 Å². The van der Waals surface area contributed by atoms with Gasteiger partial charge in [0.05, 0.1) is 17.2 Å². The van der Waals surface area contributed by atoms with Crippen molar-refractivity contribution in [3.8, 4) is 0 Å². The van der Waals surface area contributed by atoms with Crippen molar-refractivity contribution in [3.63, 3.8) is 0 Å². The molecule has 0 bridgehead atoms. The number of hydrogen-bond donors (Lipinski definition) is 1. The van der Waals surface area contributed by atoms with Crippen molar-refractivity contribution in [3.05, 3.63) is 50.4 Å². The molecular formula is C18H24BrIN4S. The van der Waals surface area contributed by atoms with Crippen LogP contribution in [0.4, 0.5) is 0 Å². The van der Waals surface area contributed by atoms with Gasteiger partial charge >= 0.3 is 0 Å². The van der Waals surface area contributed by atoms with Crippen molar-refractivity contribution in [1.29, 1.82) is 0 Å². The molecule has 1 aliphatic carbocycles. The number of benzene rings is 1. The summed E-state index contributed by atoms with van der Waals surface area (Å²) in [4.78, 5) is 11.1. The summed E-state index contributed by atoms with van der Waals surface area (Å²) in [6.07, 6.45) is 2.43. The molecule has 2 aromatic rings. The molecule has 1 aliphatic rings. The van der Waals surface area contributed by atoms with E-state index < -0.39 is 0 Å². The lowest BCUT2D eigenvalue weighted by Crippen LogP contribution is -2.42. The third kappa shape index (κ3) is 4.95. The highest BCUT2D eigenvalue weighted by Crippen LogP contribution is 2.49. The van der Waals surface area contributed by atoms with Crippen LogP contribution in [-0.2, 0) is 12.0 Å². The summed E-state index contributed by atoms with van der Waals surface area (Å²) < 4.78 is 1.20. The summed E-state index contributed by atoms with van der Waals surface area (Å²) in [5, 5.41) is 6.77. The minimum absolute atomic E-state index is 0. The van der Waals surface area contributed by atoms with E-state index in [4.69, 9.17) is 0 Å². The molecule has 1 N–H and O–H groups in total. The molecule has 136 valence electrons. The first kappa shape index (κ1) is 20.6. The lowest BCUT2D eigenvalue weighted by atomic mass is 9.96. The molecule has 1 saturated carbocycles. The summed E-state index contributed by atoms with van der Waals surface area (Å²) in [5.41, 5.74) is 2.72. The van der Waals surface area contributed by atoms with Gasteiger partial charge in [-0.05, 0) is 31.4 Å². The lowest BCUT2D eigenvalue weighted by molar-refractivity contribution is 0.464. The van der Waals surface area contributed by atoms with Gasteiger partial charge in [0, 0.05) is 35.9 Å². The first-order valence-electron chi connectivity index (χ1n) is 8.12. The Morgan fingerprint density at radius 2 is 2.12 bits per heavy atom. The Hall–Kier alpha value is -0.670. The minimum atomic E-state index is 0. The van der Waals surface area contributed by atoms with Crippen molar-refractivity contribution in [2.75, 3.05) is 20.6 Å². The van der Waals surface area contributed by atoms with Crippen LogP contribution < -0.4 is 5.32 Å². The number of nitrogens with zero attached hydrogens (tertiary/aromatic N) is 3. The SMILES string of the molecule is CN=C(NCC1(c2ccccc2Br)CC1)N(C)Cc1csc(C)n1.I. The van der Waals surface area contributed by atoms with Gasteiger partial charge in [-0.2, -0.15) is 0 Å². The molecule has 0 aliphatic heterocycles. The van der Waals surface area contributed by atoms with E-state index >= 15 is 0 Å². The minimum Gasteiger partial charge on any atom is -0.355 e. The zero-order chi connectivity index (χ0) is 17.2. The number of nitrogens with one attached hydrogen (secondary N) is 1. The fourth-order valence-electron chi connectivity index (χ4n) is 3.02. The molecule has 0 amide bonds. The molecule has 1 fully saturated rings. The van der Waals surface area contributed by atoms with Gasteiger partial charge in [0.2, 0.25) is 0 Å². The van der Waals surface area contributed by atoms with Gasteiger partial charge in [0.1, 0.15) is 0 Å². The maximum atomic E-state index is 4.54. The number of aliphatic imine (C=N–C) groups is 1. The van der Waals surface area contributed by atoms with Crippen LogP contribution in [0.2, 0.25) is 0 Å². The highest BCUT2D eigenvalue weighted by molar-refractivity contribution is 14.0. The first-order valence-corrected chi connectivity index (χ1v) is 9.79. The Morgan fingerprint density at radius 1 is 1.40 bits per heavy atom. The first-order chi connectivity index (χ1) is 11.5. The number of halogens is 2. The number of aryl methyl sites for hydroxylation is 1. The topological polar surface area (TPSA) is 40.5 Å². The largest absolute Gasteiger partial charge is 0.355 e. The van der Waals surface area contributed by atoms with E-state index in [-0.39, 0.29) is 29.4 Å². The van der Waals surface area contributed by atoms with E-state index in [0.717, 1.165) is 29.8 Å². The number of guanidine groups is 1. The van der Waals surface area contributed by atoms with Gasteiger partial charge in [-0.15, -0.1) is 35.3 Å². The highest BCUT2D eigenvalue weighted by Gasteiger charge is 2.45.